The summed E-state index contributed by atoms with van der Waals surface area (Å²) in [5.74, 6) is 0.189. The Bertz CT molecular complexity index is 667. The summed E-state index contributed by atoms with van der Waals surface area (Å²) < 4.78 is 15.3. The zero-order valence-electron chi connectivity index (χ0n) is 13.0. The zero-order chi connectivity index (χ0) is 16.7. The fraction of sp³-hybridized carbons (Fsp3) is 0.167. The van der Waals surface area contributed by atoms with Gasteiger partial charge in [-0.2, -0.15) is 0 Å². The smallest absolute Gasteiger partial charge is 0.338 e. The number of hydrogen-bond acceptors (Lipinski definition) is 5. The van der Waals surface area contributed by atoms with Crippen LogP contribution < -0.4 is 9.47 Å². The average Bonchev–Trinajstić information content (AvgIpc) is 2.60. The molecule has 1 N–H and O–H groups in total. The van der Waals surface area contributed by atoms with E-state index in [1.807, 2.05) is 6.07 Å². The molecule has 0 fully saturated rings. The molecule has 0 heterocycles. The number of benzene rings is 2. The van der Waals surface area contributed by atoms with E-state index in [4.69, 9.17) is 14.2 Å². The molecule has 0 saturated heterocycles. The number of esters is 1. The van der Waals surface area contributed by atoms with Crippen molar-refractivity contribution in [2.75, 3.05) is 20.8 Å². The third kappa shape index (κ3) is 4.26. The lowest BCUT2D eigenvalue weighted by Crippen LogP contribution is -2.04. The highest BCUT2D eigenvalue weighted by Crippen LogP contribution is 2.37. The van der Waals surface area contributed by atoms with Crippen LogP contribution in [0.3, 0.4) is 0 Å². The van der Waals surface area contributed by atoms with Crippen LogP contribution in [0.4, 0.5) is 0 Å². The lowest BCUT2D eigenvalue weighted by atomic mass is 10.1. The van der Waals surface area contributed by atoms with Crippen molar-refractivity contribution < 1.29 is 24.1 Å². The van der Waals surface area contributed by atoms with Crippen molar-refractivity contribution in [3.05, 3.63) is 59.7 Å². The van der Waals surface area contributed by atoms with Crippen LogP contribution in [0, 0.1) is 0 Å². The van der Waals surface area contributed by atoms with Gasteiger partial charge >= 0.3 is 5.97 Å². The van der Waals surface area contributed by atoms with E-state index in [1.54, 1.807) is 48.6 Å². The second kappa shape index (κ2) is 7.89. The first kappa shape index (κ1) is 16.4. The highest BCUT2D eigenvalue weighted by Gasteiger charge is 2.10. The summed E-state index contributed by atoms with van der Waals surface area (Å²) in [6, 6.07) is 12.1. The Morgan fingerprint density at radius 2 is 1.70 bits per heavy atom. The lowest BCUT2D eigenvalue weighted by molar-refractivity contribution is 0.0550. The highest BCUT2D eigenvalue weighted by atomic mass is 16.5. The Labute approximate surface area is 134 Å². The molecule has 0 spiro atoms. The summed E-state index contributed by atoms with van der Waals surface area (Å²) >= 11 is 0. The number of phenolic OH excluding ortho intramolecular Hbond substituents is 1. The van der Waals surface area contributed by atoms with Gasteiger partial charge in [0, 0.05) is 0 Å². The van der Waals surface area contributed by atoms with Gasteiger partial charge in [-0.05, 0) is 35.9 Å². The monoisotopic (exact) mass is 314 g/mol. The van der Waals surface area contributed by atoms with Crippen molar-refractivity contribution in [3.63, 3.8) is 0 Å². The summed E-state index contributed by atoms with van der Waals surface area (Å²) in [6.45, 7) is 0.138. The lowest BCUT2D eigenvalue weighted by Gasteiger charge is -2.09. The molecule has 5 heteroatoms. The molecule has 5 nitrogen and oxygen atoms in total. The van der Waals surface area contributed by atoms with E-state index in [-0.39, 0.29) is 18.3 Å². The molecule has 0 saturated carbocycles. The Morgan fingerprint density at radius 3 is 2.26 bits per heavy atom. The van der Waals surface area contributed by atoms with Crippen LogP contribution in [0.1, 0.15) is 15.9 Å². The minimum Gasteiger partial charge on any atom is -0.502 e. The van der Waals surface area contributed by atoms with E-state index in [0.717, 1.165) is 5.56 Å². The van der Waals surface area contributed by atoms with Gasteiger partial charge in [0.1, 0.15) is 6.61 Å². The maximum Gasteiger partial charge on any atom is 0.338 e. The maximum absolute atomic E-state index is 11.8. The first-order valence-corrected chi connectivity index (χ1v) is 6.99. The van der Waals surface area contributed by atoms with E-state index in [0.29, 0.717) is 17.1 Å². The summed E-state index contributed by atoms with van der Waals surface area (Å²) in [5.41, 5.74) is 1.26. The van der Waals surface area contributed by atoms with Crippen LogP contribution in [0.15, 0.2) is 48.5 Å². The number of carbonyl (C=O) groups excluding carboxylic acids is 1. The normalized spacial score (nSPS) is 10.5. The molecule has 0 radical (unpaired) electrons. The second-order valence-corrected chi connectivity index (χ2v) is 4.64. The van der Waals surface area contributed by atoms with Gasteiger partial charge in [0.25, 0.3) is 0 Å². The molecule has 2 aromatic carbocycles. The van der Waals surface area contributed by atoms with Gasteiger partial charge in [-0.3, -0.25) is 0 Å². The van der Waals surface area contributed by atoms with Crippen molar-refractivity contribution in [2.24, 2.45) is 0 Å². The molecule has 0 unspecified atom stereocenters. The number of rotatable bonds is 6. The minimum absolute atomic E-state index is 0.0531. The van der Waals surface area contributed by atoms with Gasteiger partial charge in [-0.1, -0.05) is 24.3 Å². The molecule has 0 bridgehead atoms. The van der Waals surface area contributed by atoms with Crippen LogP contribution in [-0.2, 0) is 4.74 Å². The molecule has 0 amide bonds. The van der Waals surface area contributed by atoms with E-state index in [2.05, 4.69) is 0 Å². The molecular weight excluding hydrogens is 296 g/mol. The van der Waals surface area contributed by atoms with Crippen molar-refractivity contribution in [1.82, 2.24) is 0 Å². The van der Waals surface area contributed by atoms with E-state index < -0.39 is 0 Å². The van der Waals surface area contributed by atoms with Crippen molar-refractivity contribution in [3.8, 4) is 17.2 Å². The first-order valence-electron chi connectivity index (χ1n) is 6.99. The Morgan fingerprint density at radius 1 is 1.09 bits per heavy atom. The molecule has 0 aromatic heterocycles. The number of methoxy groups -OCH3 is 2. The predicted molar refractivity (Wildman–Crippen MR) is 87.0 cm³/mol. The molecule has 0 aliphatic heterocycles. The third-order valence-electron chi connectivity index (χ3n) is 3.13. The van der Waals surface area contributed by atoms with Crippen molar-refractivity contribution in [2.45, 2.75) is 0 Å². The summed E-state index contributed by atoms with van der Waals surface area (Å²) in [6.07, 6.45) is 3.45. The molecule has 0 aliphatic rings. The number of carbonyl (C=O) groups is 1. The van der Waals surface area contributed by atoms with Crippen molar-refractivity contribution in [1.29, 1.82) is 0 Å². The molecule has 2 aromatic rings. The number of hydrogen-bond donors (Lipinski definition) is 1. The van der Waals surface area contributed by atoms with E-state index in [1.165, 1.54) is 14.2 Å². The van der Waals surface area contributed by atoms with Crippen LogP contribution in [0.25, 0.3) is 6.08 Å². The third-order valence-corrected chi connectivity index (χ3v) is 3.13. The molecule has 23 heavy (non-hydrogen) atoms. The molecule has 0 aliphatic carbocycles. The van der Waals surface area contributed by atoms with Crippen LogP contribution >= 0.6 is 0 Å². The predicted octanol–water partition coefficient (Wildman–Crippen LogP) is 3.28. The van der Waals surface area contributed by atoms with Gasteiger partial charge in [0.15, 0.2) is 11.5 Å². The quantitative estimate of drug-likeness (QED) is 0.829. The molecule has 0 atom stereocenters. The van der Waals surface area contributed by atoms with Gasteiger partial charge in [0.05, 0.1) is 19.8 Å². The topological polar surface area (TPSA) is 65.0 Å². The summed E-state index contributed by atoms with van der Waals surface area (Å²) in [7, 11) is 2.92. The Hall–Kier alpha value is -2.95. The van der Waals surface area contributed by atoms with Crippen LogP contribution in [-0.4, -0.2) is 31.9 Å². The Kier molecular flexibility index (Phi) is 5.63. The standard InChI is InChI=1S/C18H18O5/c1-21-15-11-13(12-16(22-2)17(15)19)7-6-10-23-18(20)14-8-4-3-5-9-14/h3-9,11-12,19H,10H2,1-2H3/b7-6+. The Balaban J connectivity index is 1.99. The highest BCUT2D eigenvalue weighted by molar-refractivity contribution is 5.89. The van der Waals surface area contributed by atoms with Crippen molar-refractivity contribution >= 4 is 12.0 Å². The fourth-order valence-corrected chi connectivity index (χ4v) is 1.98. The number of phenols is 1. The fourth-order valence-electron chi connectivity index (χ4n) is 1.98. The summed E-state index contributed by atoms with van der Waals surface area (Å²) in [5, 5.41) is 9.84. The van der Waals surface area contributed by atoms with Crippen LogP contribution in [0.2, 0.25) is 0 Å². The molecule has 120 valence electrons. The largest absolute Gasteiger partial charge is 0.502 e. The van der Waals surface area contributed by atoms with Gasteiger partial charge in [-0.25, -0.2) is 4.79 Å². The van der Waals surface area contributed by atoms with Gasteiger partial charge in [0.2, 0.25) is 5.75 Å². The van der Waals surface area contributed by atoms with Crippen LogP contribution in [0.5, 0.6) is 17.2 Å². The second-order valence-electron chi connectivity index (χ2n) is 4.64. The van der Waals surface area contributed by atoms with Gasteiger partial charge in [-0.15, -0.1) is 0 Å². The van der Waals surface area contributed by atoms with Gasteiger partial charge < -0.3 is 19.3 Å². The molecular formula is C18H18O5. The van der Waals surface area contributed by atoms with E-state index in [9.17, 15) is 9.90 Å². The molecule has 2 rings (SSSR count). The number of ether oxygens (including phenoxy) is 3. The first-order chi connectivity index (χ1) is 11.2. The number of aromatic hydroxyl groups is 1. The summed E-state index contributed by atoms with van der Waals surface area (Å²) in [4.78, 5) is 11.8. The van der Waals surface area contributed by atoms with E-state index >= 15 is 0 Å². The average molecular weight is 314 g/mol. The maximum atomic E-state index is 11.8. The zero-order valence-corrected chi connectivity index (χ0v) is 13.0. The minimum atomic E-state index is -0.379. The SMILES string of the molecule is COc1cc(/C=C/COC(=O)c2ccccc2)cc(OC)c1O.